The summed E-state index contributed by atoms with van der Waals surface area (Å²) in [6.45, 7) is 7.91. The molecule has 96 valence electrons. The summed E-state index contributed by atoms with van der Waals surface area (Å²) >= 11 is 2.04. The maximum Gasteiger partial charge on any atom is 0.166 e. The van der Waals surface area contributed by atoms with Crippen molar-refractivity contribution in [2.45, 2.75) is 58.0 Å². The van der Waals surface area contributed by atoms with Gasteiger partial charge in [0.1, 0.15) is 0 Å². The summed E-state index contributed by atoms with van der Waals surface area (Å²) in [5.74, 6) is 1.89. The fraction of sp³-hybridized carbons (Fsp3) is 1.00. The normalized spacial score (nSPS) is 26.2. The molecule has 0 aromatic carbocycles. The molecule has 1 fully saturated rings. The number of hydrogen-bond donors (Lipinski definition) is 0. The van der Waals surface area contributed by atoms with Gasteiger partial charge < -0.3 is 9.47 Å². The average molecular weight is 246 g/mol. The van der Waals surface area contributed by atoms with Crippen LogP contribution in [-0.4, -0.2) is 30.5 Å². The third-order valence-electron chi connectivity index (χ3n) is 3.06. The van der Waals surface area contributed by atoms with Crippen LogP contribution in [-0.2, 0) is 9.47 Å². The molecule has 0 N–H and O–H groups in total. The van der Waals surface area contributed by atoms with Crippen LogP contribution < -0.4 is 0 Å². The summed E-state index contributed by atoms with van der Waals surface area (Å²) in [6.07, 6.45) is 5.55. The number of ether oxygens (including phenoxy) is 2. The highest BCUT2D eigenvalue weighted by Crippen LogP contribution is 2.32. The van der Waals surface area contributed by atoms with E-state index >= 15 is 0 Å². The Hall–Kier alpha value is 0.270. The van der Waals surface area contributed by atoms with Crippen molar-refractivity contribution in [3.05, 3.63) is 0 Å². The standard InChI is InChI=1S/C13H26O2S/c1-4-14-13(15-5-2)10-16-12-8-6-7-11(3)9-12/h11-13H,4-10H2,1-3H3. The SMILES string of the molecule is CCOC(CSC1CCCC(C)C1)OCC. The van der Waals surface area contributed by atoms with E-state index in [1.54, 1.807) is 0 Å². The highest BCUT2D eigenvalue weighted by atomic mass is 32.2. The van der Waals surface area contributed by atoms with Crippen LogP contribution in [0.1, 0.15) is 46.5 Å². The predicted molar refractivity (Wildman–Crippen MR) is 70.9 cm³/mol. The Kier molecular flexibility index (Phi) is 7.50. The number of hydrogen-bond acceptors (Lipinski definition) is 3. The van der Waals surface area contributed by atoms with Crippen LogP contribution in [0.2, 0.25) is 0 Å². The molecule has 3 heteroatoms. The van der Waals surface area contributed by atoms with Gasteiger partial charge in [-0.2, -0.15) is 11.8 Å². The predicted octanol–water partition coefficient (Wildman–Crippen LogP) is 3.70. The third kappa shape index (κ3) is 5.55. The average Bonchev–Trinajstić information content (AvgIpc) is 2.27. The molecule has 1 aliphatic rings. The Morgan fingerprint density at radius 2 is 1.88 bits per heavy atom. The van der Waals surface area contributed by atoms with Gasteiger partial charge in [-0.1, -0.05) is 19.8 Å². The fourth-order valence-electron chi connectivity index (χ4n) is 2.26. The van der Waals surface area contributed by atoms with Gasteiger partial charge in [0.25, 0.3) is 0 Å². The molecule has 0 saturated heterocycles. The van der Waals surface area contributed by atoms with E-state index in [0.29, 0.717) is 0 Å². The highest BCUT2D eigenvalue weighted by Gasteiger charge is 2.20. The van der Waals surface area contributed by atoms with Crippen molar-refractivity contribution >= 4 is 11.8 Å². The molecular formula is C13H26O2S. The fourth-order valence-corrected chi connectivity index (χ4v) is 3.68. The van der Waals surface area contributed by atoms with Gasteiger partial charge in [0.05, 0.1) is 0 Å². The molecule has 2 atom stereocenters. The van der Waals surface area contributed by atoms with E-state index in [2.05, 4.69) is 6.92 Å². The first-order valence-electron chi connectivity index (χ1n) is 6.61. The molecule has 0 amide bonds. The van der Waals surface area contributed by atoms with E-state index in [-0.39, 0.29) is 6.29 Å². The molecular weight excluding hydrogens is 220 g/mol. The molecule has 0 aromatic rings. The van der Waals surface area contributed by atoms with Crippen molar-refractivity contribution in [3.63, 3.8) is 0 Å². The van der Waals surface area contributed by atoms with Gasteiger partial charge in [0.2, 0.25) is 0 Å². The summed E-state index contributed by atoms with van der Waals surface area (Å²) in [6, 6.07) is 0. The van der Waals surface area contributed by atoms with E-state index in [0.717, 1.165) is 30.1 Å². The molecule has 0 radical (unpaired) electrons. The molecule has 2 unspecified atom stereocenters. The summed E-state index contributed by atoms with van der Waals surface area (Å²) < 4.78 is 11.1. The van der Waals surface area contributed by atoms with Crippen molar-refractivity contribution < 1.29 is 9.47 Å². The second-order valence-corrected chi connectivity index (χ2v) is 5.90. The van der Waals surface area contributed by atoms with Crippen LogP contribution in [0.25, 0.3) is 0 Å². The lowest BCUT2D eigenvalue weighted by Gasteiger charge is -2.27. The molecule has 0 spiro atoms. The van der Waals surface area contributed by atoms with Crippen molar-refractivity contribution in [2.75, 3.05) is 19.0 Å². The van der Waals surface area contributed by atoms with E-state index in [9.17, 15) is 0 Å². The zero-order chi connectivity index (χ0) is 11.8. The molecule has 2 nitrogen and oxygen atoms in total. The van der Waals surface area contributed by atoms with Gasteiger partial charge in [0.15, 0.2) is 6.29 Å². The smallest absolute Gasteiger partial charge is 0.166 e. The zero-order valence-corrected chi connectivity index (χ0v) is 11.7. The Morgan fingerprint density at radius 3 is 2.44 bits per heavy atom. The van der Waals surface area contributed by atoms with Gasteiger partial charge in [-0.25, -0.2) is 0 Å². The Bertz CT molecular complexity index is 165. The largest absolute Gasteiger partial charge is 0.352 e. The molecule has 1 rings (SSSR count). The minimum absolute atomic E-state index is 0.00256. The first-order valence-corrected chi connectivity index (χ1v) is 7.65. The van der Waals surface area contributed by atoms with Gasteiger partial charge in [-0.15, -0.1) is 0 Å². The molecule has 0 bridgehead atoms. The lowest BCUT2D eigenvalue weighted by Crippen LogP contribution is -2.23. The topological polar surface area (TPSA) is 18.5 Å². The number of rotatable bonds is 7. The van der Waals surface area contributed by atoms with Crippen LogP contribution in [0, 0.1) is 5.92 Å². The van der Waals surface area contributed by atoms with Crippen LogP contribution in [0.15, 0.2) is 0 Å². The van der Waals surface area contributed by atoms with Crippen molar-refractivity contribution in [3.8, 4) is 0 Å². The van der Waals surface area contributed by atoms with Crippen molar-refractivity contribution in [1.82, 2.24) is 0 Å². The first kappa shape index (κ1) is 14.3. The summed E-state index contributed by atoms with van der Waals surface area (Å²) in [4.78, 5) is 0. The van der Waals surface area contributed by atoms with Gasteiger partial charge in [-0.05, 0) is 32.6 Å². The quantitative estimate of drug-likeness (QED) is 0.638. The second kappa shape index (κ2) is 8.37. The van der Waals surface area contributed by atoms with Crippen LogP contribution in [0.5, 0.6) is 0 Å². The van der Waals surface area contributed by atoms with Gasteiger partial charge in [0, 0.05) is 24.2 Å². The molecule has 0 aromatic heterocycles. The molecule has 1 saturated carbocycles. The number of thioether (sulfide) groups is 1. The summed E-state index contributed by atoms with van der Waals surface area (Å²) in [7, 11) is 0. The van der Waals surface area contributed by atoms with E-state index < -0.39 is 0 Å². The van der Waals surface area contributed by atoms with Crippen LogP contribution >= 0.6 is 11.8 Å². The van der Waals surface area contributed by atoms with E-state index in [1.165, 1.54) is 25.7 Å². The van der Waals surface area contributed by atoms with Gasteiger partial charge in [-0.3, -0.25) is 0 Å². The monoisotopic (exact) mass is 246 g/mol. The first-order chi connectivity index (χ1) is 7.76. The van der Waals surface area contributed by atoms with Crippen molar-refractivity contribution in [1.29, 1.82) is 0 Å². The third-order valence-corrected chi connectivity index (χ3v) is 4.43. The van der Waals surface area contributed by atoms with Crippen LogP contribution in [0.3, 0.4) is 0 Å². The molecule has 0 heterocycles. The second-order valence-electron chi connectivity index (χ2n) is 4.57. The lowest BCUT2D eigenvalue weighted by molar-refractivity contribution is -0.120. The van der Waals surface area contributed by atoms with E-state index in [1.807, 2.05) is 25.6 Å². The lowest BCUT2D eigenvalue weighted by atomic mass is 9.91. The van der Waals surface area contributed by atoms with E-state index in [4.69, 9.17) is 9.47 Å². The Morgan fingerprint density at radius 1 is 1.19 bits per heavy atom. The highest BCUT2D eigenvalue weighted by molar-refractivity contribution is 7.99. The molecule has 16 heavy (non-hydrogen) atoms. The van der Waals surface area contributed by atoms with Crippen LogP contribution in [0.4, 0.5) is 0 Å². The minimum Gasteiger partial charge on any atom is -0.352 e. The maximum atomic E-state index is 5.56. The Balaban J connectivity index is 2.19. The molecule has 1 aliphatic carbocycles. The summed E-state index contributed by atoms with van der Waals surface area (Å²) in [5.41, 5.74) is 0. The summed E-state index contributed by atoms with van der Waals surface area (Å²) in [5, 5.41) is 0.826. The molecule has 0 aliphatic heterocycles. The van der Waals surface area contributed by atoms with Gasteiger partial charge >= 0.3 is 0 Å². The zero-order valence-electron chi connectivity index (χ0n) is 10.9. The Labute approximate surface area is 104 Å². The minimum atomic E-state index is -0.00256. The maximum absolute atomic E-state index is 5.56. The van der Waals surface area contributed by atoms with Crippen molar-refractivity contribution in [2.24, 2.45) is 5.92 Å².